The second-order valence-corrected chi connectivity index (χ2v) is 9.42. The van der Waals surface area contributed by atoms with E-state index in [-0.39, 0.29) is 0 Å². The number of ketones is 1. The van der Waals surface area contributed by atoms with Crippen LogP contribution >= 0.6 is 11.6 Å². The third kappa shape index (κ3) is 3.91. The number of aliphatic hydroxyl groups is 1. The normalized spacial score (nSPS) is 25.6. The van der Waals surface area contributed by atoms with E-state index >= 15 is 0 Å². The molecule has 35 heavy (non-hydrogen) atoms. The molecule has 1 N–H and O–H groups in total. The largest absolute Gasteiger partial charge is 0.408 e. The van der Waals surface area contributed by atoms with Crippen molar-refractivity contribution in [2.75, 3.05) is 6.67 Å². The molecule has 6 nitrogen and oxygen atoms in total. The summed E-state index contributed by atoms with van der Waals surface area (Å²) in [6.07, 6.45) is -2.61. The SMILES string of the molecule is C[C@@H](N1CN(C2c3ccccc3CCc3cccc(Cl)c32)N2C=CC(=O)C(O)C2C1=O)C(F)(F)F. The number of aryl methyl sites for hydroxylation is 2. The summed E-state index contributed by atoms with van der Waals surface area (Å²) in [7, 11) is 0. The van der Waals surface area contributed by atoms with Gasteiger partial charge in [-0.25, -0.2) is 0 Å². The van der Waals surface area contributed by atoms with Crippen molar-refractivity contribution in [1.29, 1.82) is 0 Å². The molecule has 2 aromatic carbocycles. The monoisotopic (exact) mass is 505 g/mol. The molecule has 3 unspecified atom stereocenters. The van der Waals surface area contributed by atoms with Gasteiger partial charge >= 0.3 is 6.18 Å². The van der Waals surface area contributed by atoms with Crippen molar-refractivity contribution >= 4 is 23.3 Å². The van der Waals surface area contributed by atoms with Crippen molar-refractivity contribution in [3.05, 3.63) is 82.0 Å². The Hall–Kier alpha value is -2.88. The highest BCUT2D eigenvalue weighted by atomic mass is 35.5. The van der Waals surface area contributed by atoms with Crippen LogP contribution in [0.5, 0.6) is 0 Å². The smallest absolute Gasteiger partial charge is 0.382 e. The average molecular weight is 506 g/mol. The van der Waals surface area contributed by atoms with Crippen molar-refractivity contribution in [3.63, 3.8) is 0 Å². The van der Waals surface area contributed by atoms with Crippen LogP contribution in [0.3, 0.4) is 0 Å². The van der Waals surface area contributed by atoms with Gasteiger partial charge in [-0.1, -0.05) is 48.0 Å². The molecule has 2 aromatic rings. The van der Waals surface area contributed by atoms with Crippen LogP contribution in [-0.2, 0) is 22.4 Å². The highest BCUT2D eigenvalue weighted by Gasteiger charge is 2.53. The number of hydrogen-bond donors (Lipinski definition) is 1. The minimum absolute atomic E-state index is 0.412. The summed E-state index contributed by atoms with van der Waals surface area (Å²) < 4.78 is 41.4. The standard InChI is InChI=1S/C25H23ClF3N3O3/c1-14(25(27,28)29)30-13-32(31-12-11-19(33)23(34)22(31)24(30)35)21-17-7-3-2-5-15(17)9-10-16-6-4-8-18(26)20(16)21/h2-8,11-12,14,21-23,34H,9-10,13H2,1H3/t14-,21?,22?,23?/m1/s1. The van der Waals surface area contributed by atoms with Crippen molar-refractivity contribution in [1.82, 2.24) is 14.9 Å². The molecule has 0 radical (unpaired) electrons. The maximum absolute atomic E-state index is 13.8. The molecule has 184 valence electrons. The van der Waals surface area contributed by atoms with Crippen LogP contribution in [-0.4, -0.2) is 62.7 Å². The van der Waals surface area contributed by atoms with Crippen molar-refractivity contribution in [2.45, 2.75) is 50.2 Å². The number of hydrazine groups is 1. The Morgan fingerprint density at radius 3 is 2.49 bits per heavy atom. The molecule has 1 fully saturated rings. The second kappa shape index (κ2) is 8.65. The molecule has 2 heterocycles. The summed E-state index contributed by atoms with van der Waals surface area (Å²) in [5, 5.41) is 14.1. The van der Waals surface area contributed by atoms with Gasteiger partial charge in [0.2, 0.25) is 0 Å². The number of hydrogen-bond acceptors (Lipinski definition) is 5. The molecule has 0 bridgehead atoms. The number of benzene rings is 2. The third-order valence-electron chi connectivity index (χ3n) is 7.07. The van der Waals surface area contributed by atoms with E-state index in [1.807, 2.05) is 36.4 Å². The molecular weight excluding hydrogens is 483 g/mol. The summed E-state index contributed by atoms with van der Waals surface area (Å²) in [4.78, 5) is 26.2. The number of carbonyl (C=O) groups is 2. The predicted molar refractivity (Wildman–Crippen MR) is 122 cm³/mol. The average Bonchev–Trinajstić information content (AvgIpc) is 2.98. The Labute approximate surface area is 205 Å². The van der Waals surface area contributed by atoms with Gasteiger partial charge in [0.1, 0.15) is 12.1 Å². The molecule has 3 aliphatic rings. The van der Waals surface area contributed by atoms with Gasteiger partial charge in [0.25, 0.3) is 5.91 Å². The van der Waals surface area contributed by atoms with E-state index in [0.29, 0.717) is 22.8 Å². The van der Waals surface area contributed by atoms with Gasteiger partial charge in [0.15, 0.2) is 11.8 Å². The maximum atomic E-state index is 13.8. The molecule has 5 rings (SSSR count). The van der Waals surface area contributed by atoms with Crippen LogP contribution < -0.4 is 0 Å². The van der Waals surface area contributed by atoms with Crippen LogP contribution in [0.25, 0.3) is 0 Å². The van der Waals surface area contributed by atoms with Crippen LogP contribution in [0, 0.1) is 0 Å². The molecule has 1 amide bonds. The van der Waals surface area contributed by atoms with Gasteiger partial charge in [-0.05, 0) is 48.1 Å². The fourth-order valence-corrected chi connectivity index (χ4v) is 5.48. The number of rotatable bonds is 2. The molecule has 4 atom stereocenters. The van der Waals surface area contributed by atoms with Gasteiger partial charge in [-0.3, -0.25) is 14.6 Å². The first-order chi connectivity index (χ1) is 16.6. The van der Waals surface area contributed by atoms with E-state index in [9.17, 15) is 27.9 Å². The first-order valence-electron chi connectivity index (χ1n) is 11.3. The Bertz CT molecular complexity index is 1220. The number of alkyl halides is 3. The zero-order chi connectivity index (χ0) is 25.1. The maximum Gasteiger partial charge on any atom is 0.408 e. The fraction of sp³-hybridized carbons (Fsp3) is 0.360. The lowest BCUT2D eigenvalue weighted by atomic mass is 9.92. The third-order valence-corrected chi connectivity index (χ3v) is 7.40. The van der Waals surface area contributed by atoms with Gasteiger partial charge in [0.05, 0.1) is 12.7 Å². The summed E-state index contributed by atoms with van der Waals surface area (Å²) in [5.41, 5.74) is 3.52. The van der Waals surface area contributed by atoms with Gasteiger partial charge < -0.3 is 10.0 Å². The fourth-order valence-electron chi connectivity index (χ4n) is 5.18. The van der Waals surface area contributed by atoms with Crippen LogP contribution in [0.1, 0.15) is 35.2 Å². The zero-order valence-corrected chi connectivity index (χ0v) is 19.5. The van der Waals surface area contributed by atoms with E-state index in [1.165, 1.54) is 11.2 Å². The molecule has 1 saturated heterocycles. The van der Waals surface area contributed by atoms with E-state index in [0.717, 1.165) is 35.3 Å². The minimum Gasteiger partial charge on any atom is -0.382 e. The predicted octanol–water partition coefficient (Wildman–Crippen LogP) is 3.62. The topological polar surface area (TPSA) is 64.1 Å². The Morgan fingerprint density at radius 1 is 1.06 bits per heavy atom. The minimum atomic E-state index is -4.69. The Kier molecular flexibility index (Phi) is 5.89. The Morgan fingerprint density at radius 2 is 1.74 bits per heavy atom. The molecular formula is C25H23ClF3N3O3. The summed E-state index contributed by atoms with van der Waals surface area (Å²) in [6.45, 7) is 0.492. The highest BCUT2D eigenvalue weighted by molar-refractivity contribution is 6.31. The number of amides is 1. The first kappa shape index (κ1) is 23.8. The molecule has 1 aliphatic carbocycles. The van der Waals surface area contributed by atoms with E-state index in [4.69, 9.17) is 11.6 Å². The summed E-state index contributed by atoms with van der Waals surface area (Å²) in [5.74, 6) is -1.70. The number of carbonyl (C=O) groups excluding carboxylic acids is 2. The van der Waals surface area contributed by atoms with Gasteiger partial charge in [-0.15, -0.1) is 0 Å². The lowest BCUT2D eigenvalue weighted by Gasteiger charge is -2.53. The highest BCUT2D eigenvalue weighted by Crippen LogP contribution is 2.44. The van der Waals surface area contributed by atoms with Gasteiger partial charge in [0, 0.05) is 17.3 Å². The van der Waals surface area contributed by atoms with Gasteiger partial charge in [-0.2, -0.15) is 18.2 Å². The molecule has 10 heteroatoms. The quantitative estimate of drug-likeness (QED) is 0.675. The van der Waals surface area contributed by atoms with Crippen molar-refractivity contribution in [2.24, 2.45) is 0 Å². The van der Waals surface area contributed by atoms with Crippen LogP contribution in [0.2, 0.25) is 5.02 Å². The number of fused-ring (bicyclic) bond motifs is 3. The molecule has 2 aliphatic heterocycles. The molecule has 0 saturated carbocycles. The summed E-state index contributed by atoms with van der Waals surface area (Å²) in [6, 6.07) is 8.82. The van der Waals surface area contributed by atoms with Crippen LogP contribution in [0.4, 0.5) is 13.2 Å². The van der Waals surface area contributed by atoms with E-state index in [2.05, 4.69) is 0 Å². The zero-order valence-electron chi connectivity index (χ0n) is 18.7. The van der Waals surface area contributed by atoms with Crippen molar-refractivity contribution in [3.8, 4) is 0 Å². The van der Waals surface area contributed by atoms with E-state index in [1.54, 1.807) is 11.1 Å². The second-order valence-electron chi connectivity index (χ2n) is 9.01. The number of halogens is 4. The lowest BCUT2D eigenvalue weighted by Crippen LogP contribution is -2.70. The number of aliphatic hydroxyl groups excluding tert-OH is 1. The van der Waals surface area contributed by atoms with Crippen LogP contribution in [0.15, 0.2) is 54.7 Å². The molecule has 0 aromatic heterocycles. The number of nitrogens with zero attached hydrogens (tertiary/aromatic N) is 3. The lowest BCUT2D eigenvalue weighted by molar-refractivity contribution is -0.222. The van der Waals surface area contributed by atoms with Crippen molar-refractivity contribution < 1.29 is 27.9 Å². The first-order valence-corrected chi connectivity index (χ1v) is 11.6. The summed E-state index contributed by atoms with van der Waals surface area (Å²) >= 11 is 6.70. The Balaban J connectivity index is 1.72. The van der Waals surface area contributed by atoms with E-state index < -0.39 is 48.8 Å². The molecule has 0 spiro atoms.